The van der Waals surface area contributed by atoms with Crippen molar-refractivity contribution < 1.29 is 29.0 Å². The number of piperazine rings is 1. The Kier molecular flexibility index (Phi) is 13.1. The number of ether oxygens (including phenoxy) is 1. The van der Waals surface area contributed by atoms with Gasteiger partial charge in [0, 0.05) is 45.3 Å². The van der Waals surface area contributed by atoms with Crippen LogP contribution in [0.25, 0.3) is 0 Å². The maximum absolute atomic E-state index is 14.3. The number of hydrogen-bond acceptors (Lipinski definition) is 7. The minimum absolute atomic E-state index is 0.00454. The molecule has 1 heterocycles. The molecule has 0 spiro atoms. The van der Waals surface area contributed by atoms with Crippen molar-refractivity contribution in [1.82, 2.24) is 30.7 Å². The Hall–Kier alpha value is -5.20. The van der Waals surface area contributed by atoms with E-state index in [1.54, 1.807) is 60.4 Å². The molecule has 0 radical (unpaired) electrons. The summed E-state index contributed by atoms with van der Waals surface area (Å²) in [6, 6.07) is 21.4. The first-order valence-corrected chi connectivity index (χ1v) is 15.8. The first-order valence-electron chi connectivity index (χ1n) is 15.8. The summed E-state index contributed by atoms with van der Waals surface area (Å²) in [5.74, 6) is -0.825. The highest BCUT2D eigenvalue weighted by Crippen LogP contribution is 2.24. The molecule has 5 amide bonds. The summed E-state index contributed by atoms with van der Waals surface area (Å²) in [7, 11) is 3.33. The maximum atomic E-state index is 14.3. The SMILES string of the molecule is C=CCN(C)CC(=O)N1[C@@H](NC(=O)NCc2ccccc2)CN(Cc2cccc(C(=O)NCCOC)c2)C(=O)[C@@H]1Cc1ccc(O)cc1. The van der Waals surface area contributed by atoms with Crippen molar-refractivity contribution >= 4 is 23.8 Å². The zero-order valence-electron chi connectivity index (χ0n) is 27.4. The van der Waals surface area contributed by atoms with Gasteiger partial charge < -0.3 is 35.6 Å². The molecule has 0 aliphatic carbocycles. The number of nitrogens with one attached hydrogen (secondary N) is 3. The Morgan fingerprint density at radius 1 is 1.00 bits per heavy atom. The molecule has 0 aromatic heterocycles. The van der Waals surface area contributed by atoms with Gasteiger partial charge in [0.2, 0.25) is 11.8 Å². The Balaban J connectivity index is 1.64. The number of methoxy groups -OCH3 is 1. The van der Waals surface area contributed by atoms with Crippen molar-refractivity contribution in [2.45, 2.75) is 31.7 Å². The molecule has 48 heavy (non-hydrogen) atoms. The standard InChI is InChI=1S/C36H44N6O6/c1-4-18-40(2)25-33(44)42-31(21-26-13-15-30(43)16-14-26)35(46)41(23-28-11-8-12-29(20-28)34(45)37-17-19-48-3)24-32(42)39-36(47)38-22-27-9-6-5-7-10-27/h4-16,20,31-32,43H,1,17-19,21-25H2,2-3H3,(H,37,45)(H2,38,39,47)/t31-,32+/m0/s1. The third-order valence-electron chi connectivity index (χ3n) is 7.91. The summed E-state index contributed by atoms with van der Waals surface area (Å²) in [5, 5.41) is 18.5. The van der Waals surface area contributed by atoms with E-state index in [2.05, 4.69) is 22.5 Å². The van der Waals surface area contributed by atoms with Gasteiger partial charge >= 0.3 is 6.03 Å². The summed E-state index contributed by atoms with van der Waals surface area (Å²) >= 11 is 0. The van der Waals surface area contributed by atoms with Crippen LogP contribution in [0.3, 0.4) is 0 Å². The molecule has 1 aliphatic rings. The fourth-order valence-corrected chi connectivity index (χ4v) is 5.56. The lowest BCUT2D eigenvalue weighted by atomic mass is 9.98. The van der Waals surface area contributed by atoms with Gasteiger partial charge in [-0.25, -0.2) is 4.79 Å². The second-order valence-corrected chi connectivity index (χ2v) is 11.7. The summed E-state index contributed by atoms with van der Waals surface area (Å²) in [5.41, 5.74) is 2.78. The monoisotopic (exact) mass is 656 g/mol. The van der Waals surface area contributed by atoms with Crippen molar-refractivity contribution in [1.29, 1.82) is 0 Å². The van der Waals surface area contributed by atoms with Crippen LogP contribution < -0.4 is 16.0 Å². The van der Waals surface area contributed by atoms with Crippen LogP contribution in [0.2, 0.25) is 0 Å². The Morgan fingerprint density at radius 3 is 2.44 bits per heavy atom. The highest BCUT2D eigenvalue weighted by molar-refractivity contribution is 5.94. The summed E-state index contributed by atoms with van der Waals surface area (Å²) < 4.78 is 5.02. The molecule has 4 rings (SSSR count). The molecule has 1 saturated heterocycles. The number of carbonyl (C=O) groups is 4. The minimum Gasteiger partial charge on any atom is -0.508 e. The normalized spacial score (nSPS) is 16.0. The molecular formula is C36H44N6O6. The number of rotatable bonds is 15. The molecule has 3 aromatic rings. The van der Waals surface area contributed by atoms with Gasteiger partial charge in [-0.15, -0.1) is 6.58 Å². The van der Waals surface area contributed by atoms with Gasteiger partial charge in [-0.05, 0) is 48.0 Å². The third kappa shape index (κ3) is 10.1. The van der Waals surface area contributed by atoms with Gasteiger partial charge in [-0.2, -0.15) is 0 Å². The maximum Gasteiger partial charge on any atom is 0.316 e. The van der Waals surface area contributed by atoms with E-state index in [4.69, 9.17) is 4.74 Å². The number of urea groups is 1. The molecule has 0 bridgehead atoms. The molecule has 12 nitrogen and oxygen atoms in total. The molecule has 12 heteroatoms. The molecular weight excluding hydrogens is 612 g/mol. The van der Waals surface area contributed by atoms with Crippen molar-refractivity contribution in [2.24, 2.45) is 0 Å². The number of benzene rings is 3. The zero-order chi connectivity index (χ0) is 34.5. The van der Waals surface area contributed by atoms with E-state index in [1.165, 1.54) is 17.0 Å². The van der Waals surface area contributed by atoms with Gasteiger partial charge in [-0.1, -0.05) is 60.7 Å². The van der Waals surface area contributed by atoms with Gasteiger partial charge in [-0.3, -0.25) is 19.3 Å². The number of likely N-dealkylation sites (N-methyl/N-ethyl adjacent to an activating group) is 1. The van der Waals surface area contributed by atoms with E-state index < -0.39 is 18.2 Å². The van der Waals surface area contributed by atoms with Crippen LogP contribution >= 0.6 is 0 Å². The topological polar surface area (TPSA) is 144 Å². The number of carbonyl (C=O) groups excluding carboxylic acids is 4. The largest absolute Gasteiger partial charge is 0.508 e. The van der Waals surface area contributed by atoms with Crippen LogP contribution in [0.5, 0.6) is 5.75 Å². The van der Waals surface area contributed by atoms with E-state index in [0.29, 0.717) is 30.8 Å². The summed E-state index contributed by atoms with van der Waals surface area (Å²) in [6.45, 7) is 5.37. The van der Waals surface area contributed by atoms with E-state index >= 15 is 0 Å². The van der Waals surface area contributed by atoms with E-state index in [0.717, 1.165) is 11.1 Å². The summed E-state index contributed by atoms with van der Waals surface area (Å²) in [4.78, 5) is 59.1. The lowest BCUT2D eigenvalue weighted by Crippen LogP contribution is -2.69. The Labute approximate surface area is 281 Å². The molecule has 3 aromatic carbocycles. The van der Waals surface area contributed by atoms with Gasteiger partial charge in [0.25, 0.3) is 5.91 Å². The van der Waals surface area contributed by atoms with E-state index in [9.17, 15) is 24.3 Å². The van der Waals surface area contributed by atoms with Crippen molar-refractivity contribution in [3.8, 4) is 5.75 Å². The number of aromatic hydroxyl groups is 1. The smallest absolute Gasteiger partial charge is 0.316 e. The number of phenolic OH excluding ortho intramolecular Hbond substituents is 1. The first kappa shape index (κ1) is 35.7. The predicted molar refractivity (Wildman–Crippen MR) is 182 cm³/mol. The van der Waals surface area contributed by atoms with Crippen LogP contribution in [0.1, 0.15) is 27.0 Å². The molecule has 0 unspecified atom stereocenters. The van der Waals surface area contributed by atoms with Gasteiger partial charge in [0.05, 0.1) is 19.7 Å². The number of hydrogen-bond donors (Lipinski definition) is 4. The third-order valence-corrected chi connectivity index (χ3v) is 7.91. The predicted octanol–water partition coefficient (Wildman–Crippen LogP) is 2.49. The van der Waals surface area contributed by atoms with Gasteiger partial charge in [0.1, 0.15) is 18.0 Å². The molecule has 4 N–H and O–H groups in total. The molecule has 254 valence electrons. The number of nitrogens with zero attached hydrogens (tertiary/aromatic N) is 3. The van der Waals surface area contributed by atoms with E-state index in [-0.39, 0.29) is 56.1 Å². The highest BCUT2D eigenvalue weighted by Gasteiger charge is 2.44. The van der Waals surface area contributed by atoms with Crippen LogP contribution in [0.15, 0.2) is 91.5 Å². The molecule has 1 fully saturated rings. The van der Waals surface area contributed by atoms with Gasteiger partial charge in [0.15, 0.2) is 0 Å². The quantitative estimate of drug-likeness (QED) is 0.145. The minimum atomic E-state index is -0.965. The van der Waals surface area contributed by atoms with E-state index in [1.807, 2.05) is 36.4 Å². The molecule has 1 aliphatic heterocycles. The second-order valence-electron chi connectivity index (χ2n) is 11.7. The number of phenols is 1. The average molecular weight is 657 g/mol. The van der Waals surface area contributed by atoms with Crippen molar-refractivity contribution in [2.75, 3.05) is 46.9 Å². The van der Waals surface area contributed by atoms with Crippen LogP contribution in [-0.2, 0) is 33.8 Å². The Bertz CT molecular complexity index is 1550. The molecule has 0 saturated carbocycles. The lowest BCUT2D eigenvalue weighted by Gasteiger charge is -2.46. The van der Waals surface area contributed by atoms with Crippen molar-refractivity contribution in [3.05, 3.63) is 114 Å². The Morgan fingerprint density at radius 2 is 1.73 bits per heavy atom. The number of amides is 5. The van der Waals surface area contributed by atoms with Crippen molar-refractivity contribution in [3.63, 3.8) is 0 Å². The zero-order valence-corrected chi connectivity index (χ0v) is 27.4. The fraction of sp³-hybridized carbons (Fsp3) is 0.333. The van der Waals surface area contributed by atoms with Crippen LogP contribution in [-0.4, -0.2) is 103 Å². The van der Waals surface area contributed by atoms with Crippen LogP contribution in [0, 0.1) is 0 Å². The first-order chi connectivity index (χ1) is 23.2. The highest BCUT2D eigenvalue weighted by atomic mass is 16.5. The summed E-state index contributed by atoms with van der Waals surface area (Å²) in [6.07, 6.45) is 0.965. The fourth-order valence-electron chi connectivity index (χ4n) is 5.56. The lowest BCUT2D eigenvalue weighted by molar-refractivity contribution is -0.157. The molecule has 2 atom stereocenters. The average Bonchev–Trinajstić information content (AvgIpc) is 3.07. The second kappa shape index (κ2) is 17.6. The van der Waals surface area contributed by atoms with Crippen LogP contribution in [0.4, 0.5) is 4.79 Å².